The maximum atomic E-state index is 13.5. The molecule has 1 saturated heterocycles. The van der Waals surface area contributed by atoms with Gasteiger partial charge in [-0.1, -0.05) is 0 Å². The summed E-state index contributed by atoms with van der Waals surface area (Å²) in [6.45, 7) is 0.363. The number of rotatable bonds is 2. The summed E-state index contributed by atoms with van der Waals surface area (Å²) in [7, 11) is 0. The number of aromatic nitrogens is 3. The van der Waals surface area contributed by atoms with Crippen molar-refractivity contribution in [1.82, 2.24) is 20.3 Å². The van der Waals surface area contributed by atoms with E-state index in [4.69, 9.17) is 5.90 Å². The molecule has 2 rings (SSSR count). The lowest BCUT2D eigenvalue weighted by Crippen LogP contribution is -2.48. The largest absolute Gasteiger partial charge is 0.334 e. The van der Waals surface area contributed by atoms with Crippen LogP contribution < -0.4 is 5.90 Å². The van der Waals surface area contributed by atoms with E-state index in [1.807, 2.05) is 0 Å². The molecular weight excluding hydrogens is 217 g/mol. The molecule has 0 aromatic carbocycles. The minimum absolute atomic E-state index is 0.0342. The van der Waals surface area contributed by atoms with Gasteiger partial charge in [-0.05, 0) is 6.42 Å². The standard InChI is InChI=1S/C8H12FN5O2/c9-5-4-14(2-1-7(5)16-10)8(15)6-3-11-13-12-6/h3,5,7H,1-2,4,10H2,(H,11,12,13)/t5-,7+/m1/s1. The molecule has 0 aliphatic carbocycles. The Morgan fingerprint density at radius 3 is 3.12 bits per heavy atom. The number of aromatic amines is 1. The third kappa shape index (κ3) is 2.02. The Morgan fingerprint density at radius 1 is 1.75 bits per heavy atom. The van der Waals surface area contributed by atoms with Crippen LogP contribution in [0.4, 0.5) is 4.39 Å². The molecule has 1 aliphatic heterocycles. The van der Waals surface area contributed by atoms with Gasteiger partial charge >= 0.3 is 0 Å². The van der Waals surface area contributed by atoms with E-state index >= 15 is 0 Å². The molecule has 0 spiro atoms. The average molecular weight is 229 g/mol. The van der Waals surface area contributed by atoms with Crippen molar-refractivity contribution in [2.45, 2.75) is 18.7 Å². The normalized spacial score (nSPS) is 25.8. The maximum Gasteiger partial charge on any atom is 0.276 e. The lowest BCUT2D eigenvalue weighted by molar-refractivity contribution is -0.0423. The predicted octanol–water partition coefficient (Wildman–Crippen LogP) is -0.752. The van der Waals surface area contributed by atoms with Crippen molar-refractivity contribution in [3.8, 4) is 0 Å². The van der Waals surface area contributed by atoms with Crippen molar-refractivity contribution in [2.75, 3.05) is 13.1 Å². The molecular formula is C8H12FN5O2. The summed E-state index contributed by atoms with van der Waals surface area (Å²) < 4.78 is 13.5. The second-order valence-electron chi connectivity index (χ2n) is 3.59. The number of H-pyrrole nitrogens is 1. The van der Waals surface area contributed by atoms with Gasteiger partial charge in [-0.3, -0.25) is 9.63 Å². The Morgan fingerprint density at radius 2 is 2.56 bits per heavy atom. The lowest BCUT2D eigenvalue weighted by Gasteiger charge is -2.32. The van der Waals surface area contributed by atoms with E-state index in [1.165, 1.54) is 11.1 Å². The quantitative estimate of drug-likeness (QED) is 0.650. The number of likely N-dealkylation sites (tertiary alicyclic amines) is 1. The van der Waals surface area contributed by atoms with Gasteiger partial charge in [-0.25, -0.2) is 10.3 Å². The second-order valence-corrected chi connectivity index (χ2v) is 3.59. The number of halogens is 1. The fourth-order valence-corrected chi connectivity index (χ4v) is 1.69. The van der Waals surface area contributed by atoms with Crippen LogP contribution in [-0.2, 0) is 4.84 Å². The number of hydrogen-bond donors (Lipinski definition) is 2. The molecule has 2 atom stereocenters. The van der Waals surface area contributed by atoms with Crippen molar-refractivity contribution < 1.29 is 14.0 Å². The van der Waals surface area contributed by atoms with Crippen LogP contribution in [0.1, 0.15) is 16.9 Å². The van der Waals surface area contributed by atoms with E-state index in [2.05, 4.69) is 20.2 Å². The number of carbonyl (C=O) groups excluding carboxylic acids is 1. The Balaban J connectivity index is 2.00. The van der Waals surface area contributed by atoms with Gasteiger partial charge in [-0.2, -0.15) is 15.4 Å². The minimum atomic E-state index is -1.27. The molecule has 88 valence electrons. The van der Waals surface area contributed by atoms with Gasteiger partial charge in [0.1, 0.15) is 12.3 Å². The molecule has 1 aromatic heterocycles. The van der Waals surface area contributed by atoms with Crippen LogP contribution in [0.5, 0.6) is 0 Å². The van der Waals surface area contributed by atoms with Gasteiger partial charge in [0.05, 0.1) is 12.7 Å². The number of piperidine rings is 1. The first-order valence-electron chi connectivity index (χ1n) is 4.87. The molecule has 3 N–H and O–H groups in total. The van der Waals surface area contributed by atoms with Gasteiger partial charge < -0.3 is 4.90 Å². The molecule has 8 heteroatoms. The number of nitrogens with one attached hydrogen (secondary N) is 1. The Hall–Kier alpha value is -1.54. The Labute approximate surface area is 90.7 Å². The van der Waals surface area contributed by atoms with Crippen LogP contribution >= 0.6 is 0 Å². The molecule has 1 aromatic rings. The molecule has 0 saturated carbocycles. The molecule has 1 aliphatic rings. The Kier molecular flexibility index (Phi) is 3.11. The highest BCUT2D eigenvalue weighted by atomic mass is 19.1. The topological polar surface area (TPSA) is 97.1 Å². The van der Waals surface area contributed by atoms with E-state index in [9.17, 15) is 9.18 Å². The second kappa shape index (κ2) is 4.54. The minimum Gasteiger partial charge on any atom is -0.334 e. The van der Waals surface area contributed by atoms with E-state index < -0.39 is 12.3 Å². The van der Waals surface area contributed by atoms with Crippen LogP contribution in [0.25, 0.3) is 0 Å². The molecule has 1 amide bonds. The predicted molar refractivity (Wildman–Crippen MR) is 50.9 cm³/mol. The number of nitrogens with zero attached hydrogens (tertiary/aromatic N) is 3. The SMILES string of the molecule is NO[C@H]1CCN(C(=O)c2cn[nH]n2)C[C@H]1F. The van der Waals surface area contributed by atoms with Crippen molar-refractivity contribution in [1.29, 1.82) is 0 Å². The zero-order valence-electron chi connectivity index (χ0n) is 8.47. The highest BCUT2D eigenvalue weighted by Crippen LogP contribution is 2.17. The zero-order valence-corrected chi connectivity index (χ0v) is 8.47. The van der Waals surface area contributed by atoms with Crippen molar-refractivity contribution in [3.05, 3.63) is 11.9 Å². The van der Waals surface area contributed by atoms with E-state index in [0.29, 0.717) is 13.0 Å². The summed E-state index contributed by atoms with van der Waals surface area (Å²) in [5, 5.41) is 9.51. The summed E-state index contributed by atoms with van der Waals surface area (Å²) in [5.74, 6) is 4.60. The van der Waals surface area contributed by atoms with Crippen molar-refractivity contribution in [3.63, 3.8) is 0 Å². The summed E-state index contributed by atoms with van der Waals surface area (Å²) >= 11 is 0. The fourth-order valence-electron chi connectivity index (χ4n) is 1.69. The first-order valence-corrected chi connectivity index (χ1v) is 4.87. The zero-order chi connectivity index (χ0) is 11.5. The molecule has 7 nitrogen and oxygen atoms in total. The summed E-state index contributed by atoms with van der Waals surface area (Å²) in [6, 6.07) is 0. The number of amides is 1. The van der Waals surface area contributed by atoms with Gasteiger partial charge in [0.15, 0.2) is 5.69 Å². The smallest absolute Gasteiger partial charge is 0.276 e. The third-order valence-electron chi connectivity index (χ3n) is 2.58. The van der Waals surface area contributed by atoms with Crippen molar-refractivity contribution >= 4 is 5.91 Å². The van der Waals surface area contributed by atoms with Gasteiger partial charge in [0.25, 0.3) is 5.91 Å². The molecule has 0 radical (unpaired) electrons. The summed E-state index contributed by atoms with van der Waals surface area (Å²) in [6.07, 6.45) is -0.224. The highest BCUT2D eigenvalue weighted by Gasteiger charge is 2.32. The molecule has 0 bridgehead atoms. The Bertz CT molecular complexity index is 357. The van der Waals surface area contributed by atoms with Gasteiger partial charge in [0.2, 0.25) is 0 Å². The number of carbonyl (C=O) groups is 1. The van der Waals surface area contributed by atoms with Crippen LogP contribution in [0, 0.1) is 0 Å². The third-order valence-corrected chi connectivity index (χ3v) is 2.58. The molecule has 1 fully saturated rings. The first kappa shape index (κ1) is 11.0. The fraction of sp³-hybridized carbons (Fsp3) is 0.625. The molecule has 16 heavy (non-hydrogen) atoms. The van der Waals surface area contributed by atoms with E-state index in [-0.39, 0.29) is 18.1 Å². The highest BCUT2D eigenvalue weighted by molar-refractivity contribution is 5.91. The monoisotopic (exact) mass is 229 g/mol. The average Bonchev–Trinajstić information content (AvgIpc) is 2.81. The van der Waals surface area contributed by atoms with Crippen LogP contribution in [0.2, 0.25) is 0 Å². The van der Waals surface area contributed by atoms with Crippen LogP contribution in [0.15, 0.2) is 6.20 Å². The number of nitrogens with two attached hydrogens (primary N) is 1. The van der Waals surface area contributed by atoms with Gasteiger partial charge in [-0.15, -0.1) is 0 Å². The number of alkyl halides is 1. The molecule has 0 unspecified atom stereocenters. The van der Waals surface area contributed by atoms with E-state index in [1.54, 1.807) is 0 Å². The van der Waals surface area contributed by atoms with E-state index in [0.717, 1.165) is 0 Å². The summed E-state index contributed by atoms with van der Waals surface area (Å²) in [5.41, 5.74) is 0.180. The van der Waals surface area contributed by atoms with Gasteiger partial charge in [0, 0.05) is 6.54 Å². The van der Waals surface area contributed by atoms with Crippen LogP contribution in [0.3, 0.4) is 0 Å². The van der Waals surface area contributed by atoms with Crippen molar-refractivity contribution in [2.24, 2.45) is 5.90 Å². The first-order chi connectivity index (χ1) is 7.72. The lowest BCUT2D eigenvalue weighted by atomic mass is 10.1. The molecule has 2 heterocycles. The van der Waals surface area contributed by atoms with Crippen LogP contribution in [-0.4, -0.2) is 51.6 Å². The number of hydrogen-bond acceptors (Lipinski definition) is 5. The summed E-state index contributed by atoms with van der Waals surface area (Å²) in [4.78, 5) is 17.6. The maximum absolute atomic E-state index is 13.5.